The number of H-pyrrole nitrogens is 1. The Balaban J connectivity index is 1.94. The van der Waals surface area contributed by atoms with Gasteiger partial charge in [-0.2, -0.15) is 0 Å². The van der Waals surface area contributed by atoms with E-state index in [-0.39, 0.29) is 5.88 Å². The van der Waals surface area contributed by atoms with Crippen LogP contribution in [0.1, 0.15) is 31.2 Å². The monoisotopic (exact) mass is 292 g/mol. The Kier molecular flexibility index (Phi) is 5.35. The number of aromatic amines is 1. The van der Waals surface area contributed by atoms with Crippen LogP contribution in [0.5, 0.6) is 11.6 Å². The van der Waals surface area contributed by atoms with E-state index in [2.05, 4.69) is 16.9 Å². The summed E-state index contributed by atoms with van der Waals surface area (Å²) in [7, 11) is 1.66. The first-order chi connectivity index (χ1) is 9.72. The molecule has 0 fully saturated rings. The van der Waals surface area contributed by atoms with E-state index in [0.29, 0.717) is 5.03 Å². The van der Waals surface area contributed by atoms with Crippen LogP contribution >= 0.6 is 11.8 Å². The molecule has 0 aliphatic rings. The number of unbranched alkanes of at least 4 members (excludes halogenated alkanes) is 1. The molecule has 0 unspecified atom stereocenters. The fraction of sp³-hybridized carbons (Fsp3) is 0.400. The summed E-state index contributed by atoms with van der Waals surface area (Å²) in [5.74, 6) is 2.66. The maximum absolute atomic E-state index is 9.83. The lowest BCUT2D eigenvalue weighted by atomic mass is 10.2. The van der Waals surface area contributed by atoms with Gasteiger partial charge in [0.25, 0.3) is 0 Å². The van der Waals surface area contributed by atoms with Crippen molar-refractivity contribution in [2.45, 2.75) is 37.0 Å². The predicted molar refractivity (Wildman–Crippen MR) is 81.4 cm³/mol. The molecule has 1 heterocycles. The van der Waals surface area contributed by atoms with Gasteiger partial charge < -0.3 is 14.8 Å². The second-order valence-electron chi connectivity index (χ2n) is 4.58. The molecule has 0 aliphatic carbocycles. The average molecular weight is 292 g/mol. The van der Waals surface area contributed by atoms with Gasteiger partial charge in [-0.3, -0.25) is 0 Å². The molecule has 1 aromatic heterocycles. The van der Waals surface area contributed by atoms with Gasteiger partial charge in [0.2, 0.25) is 5.88 Å². The lowest BCUT2D eigenvalue weighted by molar-refractivity contribution is 0.414. The van der Waals surface area contributed by atoms with Crippen molar-refractivity contribution in [1.29, 1.82) is 0 Å². The number of aryl methyl sites for hydroxylation is 1. The molecule has 4 nitrogen and oxygen atoms in total. The molecule has 2 rings (SSSR count). The van der Waals surface area contributed by atoms with Crippen LogP contribution in [-0.4, -0.2) is 22.2 Å². The topological polar surface area (TPSA) is 58.1 Å². The zero-order chi connectivity index (χ0) is 14.4. The van der Waals surface area contributed by atoms with Crippen molar-refractivity contribution in [3.63, 3.8) is 0 Å². The first-order valence-electron chi connectivity index (χ1n) is 6.76. The summed E-state index contributed by atoms with van der Waals surface area (Å²) in [6, 6.07) is 7.92. The Morgan fingerprint density at radius 1 is 1.30 bits per heavy atom. The number of benzene rings is 1. The van der Waals surface area contributed by atoms with Gasteiger partial charge in [-0.1, -0.05) is 37.2 Å². The largest absolute Gasteiger partial charge is 0.497 e. The van der Waals surface area contributed by atoms with Gasteiger partial charge in [-0.25, -0.2) is 4.98 Å². The highest BCUT2D eigenvalue weighted by Crippen LogP contribution is 2.29. The zero-order valence-corrected chi connectivity index (χ0v) is 12.7. The molecule has 0 atom stereocenters. The number of methoxy groups -OCH3 is 1. The summed E-state index contributed by atoms with van der Waals surface area (Å²) >= 11 is 1.53. The van der Waals surface area contributed by atoms with E-state index < -0.39 is 0 Å². The molecule has 0 spiro atoms. The molecule has 1 aromatic carbocycles. The smallest absolute Gasteiger partial charge is 0.223 e. The molecular formula is C15H20N2O2S. The average Bonchev–Trinajstić information content (AvgIpc) is 2.83. The summed E-state index contributed by atoms with van der Waals surface area (Å²) in [5, 5.41) is 10.5. The van der Waals surface area contributed by atoms with Gasteiger partial charge >= 0.3 is 0 Å². The molecule has 5 heteroatoms. The quantitative estimate of drug-likeness (QED) is 0.763. The number of hydrogen-bond acceptors (Lipinski definition) is 4. The molecule has 0 saturated carbocycles. The Labute approximate surface area is 123 Å². The summed E-state index contributed by atoms with van der Waals surface area (Å²) in [5.41, 5.74) is 1.17. The first kappa shape index (κ1) is 14.8. The van der Waals surface area contributed by atoms with Gasteiger partial charge in [0.15, 0.2) is 5.03 Å². The van der Waals surface area contributed by atoms with Crippen molar-refractivity contribution >= 4 is 11.8 Å². The lowest BCUT2D eigenvalue weighted by Crippen LogP contribution is -1.87. The van der Waals surface area contributed by atoms with Gasteiger partial charge in [0.1, 0.15) is 11.6 Å². The SMILES string of the molecule is CCCCc1nc(SCc2ccc(OC)cc2)c(O)[nH]1. The zero-order valence-electron chi connectivity index (χ0n) is 11.8. The molecule has 0 radical (unpaired) electrons. The minimum Gasteiger partial charge on any atom is -0.497 e. The molecule has 108 valence electrons. The van der Waals surface area contributed by atoms with Gasteiger partial charge in [-0.15, -0.1) is 0 Å². The number of imidazole rings is 1. The van der Waals surface area contributed by atoms with E-state index in [1.54, 1.807) is 7.11 Å². The van der Waals surface area contributed by atoms with E-state index in [1.165, 1.54) is 17.3 Å². The molecule has 0 bridgehead atoms. The van der Waals surface area contributed by atoms with Crippen LogP contribution in [0.2, 0.25) is 0 Å². The fourth-order valence-corrected chi connectivity index (χ4v) is 2.69. The van der Waals surface area contributed by atoms with Crippen molar-refractivity contribution in [3.05, 3.63) is 35.7 Å². The van der Waals surface area contributed by atoms with Crippen molar-refractivity contribution in [3.8, 4) is 11.6 Å². The maximum Gasteiger partial charge on any atom is 0.223 e. The minimum atomic E-state index is 0.176. The second kappa shape index (κ2) is 7.24. The molecule has 0 amide bonds. The Morgan fingerprint density at radius 2 is 2.05 bits per heavy atom. The van der Waals surface area contributed by atoms with E-state index in [9.17, 15) is 5.11 Å². The van der Waals surface area contributed by atoms with Crippen molar-refractivity contribution in [1.82, 2.24) is 9.97 Å². The van der Waals surface area contributed by atoms with Gasteiger partial charge in [0, 0.05) is 12.2 Å². The predicted octanol–water partition coefficient (Wildman–Crippen LogP) is 3.76. The van der Waals surface area contributed by atoms with E-state index in [1.807, 2.05) is 24.3 Å². The van der Waals surface area contributed by atoms with E-state index in [0.717, 1.165) is 36.6 Å². The summed E-state index contributed by atoms with van der Waals surface area (Å²) in [4.78, 5) is 7.37. The van der Waals surface area contributed by atoms with Crippen LogP contribution in [-0.2, 0) is 12.2 Å². The number of nitrogens with one attached hydrogen (secondary N) is 1. The second-order valence-corrected chi connectivity index (χ2v) is 5.54. The van der Waals surface area contributed by atoms with E-state index in [4.69, 9.17) is 4.74 Å². The number of rotatable bonds is 7. The third-order valence-electron chi connectivity index (χ3n) is 3.00. The van der Waals surface area contributed by atoms with Crippen LogP contribution in [0.15, 0.2) is 29.3 Å². The third kappa shape index (κ3) is 3.93. The highest BCUT2D eigenvalue weighted by atomic mass is 32.2. The van der Waals surface area contributed by atoms with Crippen molar-refractivity contribution < 1.29 is 9.84 Å². The summed E-state index contributed by atoms with van der Waals surface area (Å²) in [6.07, 6.45) is 3.08. The third-order valence-corrected chi connectivity index (χ3v) is 4.04. The molecule has 20 heavy (non-hydrogen) atoms. The molecular weight excluding hydrogens is 272 g/mol. The number of aromatic hydroxyl groups is 1. The fourth-order valence-electron chi connectivity index (χ4n) is 1.83. The normalized spacial score (nSPS) is 10.7. The Bertz CT molecular complexity index is 537. The van der Waals surface area contributed by atoms with Crippen LogP contribution in [0.25, 0.3) is 0 Å². The first-order valence-corrected chi connectivity index (χ1v) is 7.75. The lowest BCUT2D eigenvalue weighted by Gasteiger charge is -2.02. The number of nitrogens with zero attached hydrogens (tertiary/aromatic N) is 1. The van der Waals surface area contributed by atoms with E-state index >= 15 is 0 Å². The van der Waals surface area contributed by atoms with Crippen LogP contribution in [0.3, 0.4) is 0 Å². The number of aromatic nitrogens is 2. The number of thioether (sulfide) groups is 1. The van der Waals surface area contributed by atoms with Crippen molar-refractivity contribution in [2.75, 3.05) is 7.11 Å². The Hall–Kier alpha value is -1.62. The maximum atomic E-state index is 9.83. The molecule has 0 aliphatic heterocycles. The van der Waals surface area contributed by atoms with Crippen LogP contribution < -0.4 is 4.74 Å². The molecule has 2 N–H and O–H groups in total. The summed E-state index contributed by atoms with van der Waals surface area (Å²) < 4.78 is 5.13. The summed E-state index contributed by atoms with van der Waals surface area (Å²) in [6.45, 7) is 2.14. The van der Waals surface area contributed by atoms with Gasteiger partial charge in [0.05, 0.1) is 7.11 Å². The van der Waals surface area contributed by atoms with Crippen LogP contribution in [0.4, 0.5) is 0 Å². The standard InChI is InChI=1S/C15H20N2O2S/c1-3-4-5-13-16-14(18)15(17-13)20-10-11-6-8-12(19-2)9-7-11/h6-9,18H,3-5,10H2,1-2H3,(H,16,17). The highest BCUT2D eigenvalue weighted by Gasteiger charge is 2.09. The van der Waals surface area contributed by atoms with Gasteiger partial charge in [-0.05, 0) is 24.1 Å². The molecule has 2 aromatic rings. The molecule has 0 saturated heterocycles. The number of hydrogen-bond donors (Lipinski definition) is 2. The Morgan fingerprint density at radius 3 is 2.70 bits per heavy atom. The van der Waals surface area contributed by atoms with Crippen LogP contribution in [0, 0.1) is 0 Å². The number of ether oxygens (including phenoxy) is 1. The van der Waals surface area contributed by atoms with Crippen molar-refractivity contribution in [2.24, 2.45) is 0 Å². The minimum absolute atomic E-state index is 0.176. The highest BCUT2D eigenvalue weighted by molar-refractivity contribution is 7.98.